The van der Waals surface area contributed by atoms with E-state index in [2.05, 4.69) is 56.5 Å². The van der Waals surface area contributed by atoms with Gasteiger partial charge in [-0.05, 0) is 128 Å². The van der Waals surface area contributed by atoms with Crippen LogP contribution in [0.25, 0.3) is 0 Å². The van der Waals surface area contributed by atoms with E-state index >= 15 is 0 Å². The molecule has 0 heterocycles. The third kappa shape index (κ3) is 48.4. The highest BCUT2D eigenvalue weighted by molar-refractivity contribution is 7.36. The van der Waals surface area contributed by atoms with Crippen molar-refractivity contribution in [1.82, 2.24) is 15.1 Å². The number of carbonyl (C=O) groups is 3. The zero-order chi connectivity index (χ0) is 49.8. The lowest BCUT2D eigenvalue weighted by Gasteiger charge is -2.25. The van der Waals surface area contributed by atoms with Crippen LogP contribution in [0.2, 0.25) is 0 Å². The zero-order valence-corrected chi connectivity index (χ0v) is 47.5. The summed E-state index contributed by atoms with van der Waals surface area (Å²) < 4.78 is 11.8. The topological polar surface area (TPSA) is 88.2 Å². The number of hydrogen-bond acceptors (Lipinski definition) is 7. The molecule has 0 aromatic rings. The van der Waals surface area contributed by atoms with Gasteiger partial charge in [0.25, 0.3) is 0 Å². The van der Waals surface area contributed by atoms with Gasteiger partial charge in [0.1, 0.15) is 0 Å². The van der Waals surface area contributed by atoms with Crippen LogP contribution in [0.1, 0.15) is 278 Å². The maximum absolute atomic E-state index is 12.9. The summed E-state index contributed by atoms with van der Waals surface area (Å²) in [7, 11) is 3.27. The molecule has 0 rings (SSSR count). The summed E-state index contributed by atoms with van der Waals surface area (Å²) in [6.07, 6.45) is 46.6. The number of nitrogens with one attached hydrogen (secondary N) is 1. The molecule has 3 atom stereocenters. The molecule has 0 aliphatic carbocycles. The summed E-state index contributed by atoms with van der Waals surface area (Å²) in [5.74, 6) is 1.21. The SMILES string of the molecule is CCCCCCCCC(CCCCCC)COC(=O)CCCCCN(CCCCCC(=O)OCC(CCCCCC)CCCCCCCC)CCN(C)CCCCNC(=O)CCCCCCPC. The van der Waals surface area contributed by atoms with E-state index in [1.165, 1.54) is 180 Å². The fourth-order valence-electron chi connectivity index (χ4n) is 9.42. The Kier molecular flexibility index (Phi) is 52.6. The molecule has 0 fully saturated rings. The summed E-state index contributed by atoms with van der Waals surface area (Å²) in [5.41, 5.74) is 0. The molecule has 0 saturated heterocycles. The van der Waals surface area contributed by atoms with Crippen LogP contribution in [-0.4, -0.2) is 100 Å². The van der Waals surface area contributed by atoms with Crippen molar-refractivity contribution >= 4 is 26.4 Å². The van der Waals surface area contributed by atoms with Crippen molar-refractivity contribution in [2.24, 2.45) is 11.8 Å². The molecular formula is C59H118N3O5P. The largest absolute Gasteiger partial charge is 0.465 e. The number of ether oxygens (including phenoxy) is 2. The number of likely N-dealkylation sites (N-methyl/N-ethyl adjacent to an activating group) is 1. The number of amides is 1. The fraction of sp³-hybridized carbons (Fsp3) is 0.949. The first-order chi connectivity index (χ1) is 33.3. The van der Waals surface area contributed by atoms with Crippen molar-refractivity contribution in [2.45, 2.75) is 278 Å². The minimum atomic E-state index is -0.0126. The summed E-state index contributed by atoms with van der Waals surface area (Å²) in [6.45, 7) is 18.5. The van der Waals surface area contributed by atoms with Crippen LogP contribution in [0.4, 0.5) is 0 Å². The smallest absolute Gasteiger partial charge is 0.305 e. The average Bonchev–Trinajstić information content (AvgIpc) is 3.33. The standard InChI is InChI=1S/C59H118N3O5P/c1-7-11-15-19-21-29-41-55(39-27-17-13-9-3)53-66-58(64)44-32-25-35-48-62(51-50-61(5)47-37-34-46-60-57(63)43-31-23-24-38-52-68-6)49-36-26-33-45-59(65)67-54-56(40-28-18-14-10-4)42-30-22-20-16-12-8-2/h55-56,68H,7-54H2,1-6H3,(H,60,63). The van der Waals surface area contributed by atoms with E-state index in [0.717, 1.165) is 106 Å². The zero-order valence-electron chi connectivity index (χ0n) is 46.5. The first kappa shape index (κ1) is 66.8. The van der Waals surface area contributed by atoms with E-state index in [4.69, 9.17) is 9.47 Å². The van der Waals surface area contributed by atoms with Crippen LogP contribution in [0.3, 0.4) is 0 Å². The van der Waals surface area contributed by atoms with Gasteiger partial charge in [-0.2, -0.15) is 0 Å². The highest BCUT2D eigenvalue weighted by Crippen LogP contribution is 2.22. The third-order valence-electron chi connectivity index (χ3n) is 14.2. The minimum Gasteiger partial charge on any atom is -0.465 e. The molecule has 0 aliphatic rings. The third-order valence-corrected chi connectivity index (χ3v) is 15.1. The monoisotopic (exact) mass is 980 g/mol. The van der Waals surface area contributed by atoms with E-state index < -0.39 is 0 Å². The molecule has 404 valence electrons. The Hall–Kier alpha value is -1.24. The Morgan fingerprint density at radius 3 is 1.28 bits per heavy atom. The van der Waals surface area contributed by atoms with Gasteiger partial charge in [0.05, 0.1) is 13.2 Å². The van der Waals surface area contributed by atoms with Crippen LogP contribution in [-0.2, 0) is 23.9 Å². The van der Waals surface area contributed by atoms with Crippen LogP contribution in [0.15, 0.2) is 0 Å². The molecular weight excluding hydrogens is 862 g/mol. The predicted molar refractivity (Wildman–Crippen MR) is 298 cm³/mol. The number of rotatable bonds is 55. The Morgan fingerprint density at radius 1 is 0.426 bits per heavy atom. The molecule has 8 nitrogen and oxygen atoms in total. The average molecular weight is 981 g/mol. The first-order valence-electron chi connectivity index (χ1n) is 29.9. The van der Waals surface area contributed by atoms with Crippen LogP contribution in [0, 0.1) is 11.8 Å². The summed E-state index contributed by atoms with van der Waals surface area (Å²) >= 11 is 0. The van der Waals surface area contributed by atoms with Crippen molar-refractivity contribution in [2.75, 3.05) is 72.4 Å². The highest BCUT2D eigenvalue weighted by atomic mass is 31.1. The molecule has 0 aromatic heterocycles. The number of carbonyl (C=O) groups excluding carboxylic acids is 3. The summed E-state index contributed by atoms with van der Waals surface area (Å²) in [6, 6.07) is 0. The Balaban J connectivity index is 4.89. The molecule has 9 heteroatoms. The molecule has 0 aromatic carbocycles. The molecule has 0 saturated carbocycles. The van der Waals surface area contributed by atoms with E-state index in [1.807, 2.05) is 0 Å². The van der Waals surface area contributed by atoms with Gasteiger partial charge < -0.3 is 24.6 Å². The van der Waals surface area contributed by atoms with Gasteiger partial charge in [-0.15, -0.1) is 8.58 Å². The van der Waals surface area contributed by atoms with Crippen molar-refractivity contribution in [3.8, 4) is 0 Å². The molecule has 0 radical (unpaired) electrons. The van der Waals surface area contributed by atoms with Crippen LogP contribution < -0.4 is 5.32 Å². The van der Waals surface area contributed by atoms with Gasteiger partial charge in [-0.3, -0.25) is 14.4 Å². The van der Waals surface area contributed by atoms with E-state index in [1.54, 1.807) is 0 Å². The molecule has 0 aliphatic heterocycles. The molecule has 0 bridgehead atoms. The first-order valence-corrected chi connectivity index (χ1v) is 31.6. The Morgan fingerprint density at radius 2 is 0.809 bits per heavy atom. The minimum absolute atomic E-state index is 0.0126. The van der Waals surface area contributed by atoms with Crippen molar-refractivity contribution in [3.05, 3.63) is 0 Å². The van der Waals surface area contributed by atoms with Gasteiger partial charge in [-0.1, -0.05) is 182 Å². The Labute approximate surface area is 426 Å². The van der Waals surface area contributed by atoms with Gasteiger partial charge in [0, 0.05) is 38.9 Å². The Bertz CT molecular complexity index is 1020. The molecule has 3 unspecified atom stereocenters. The number of hydrogen-bond donors (Lipinski definition) is 1. The van der Waals surface area contributed by atoms with Gasteiger partial charge in [0.2, 0.25) is 5.91 Å². The lowest BCUT2D eigenvalue weighted by molar-refractivity contribution is -0.146. The molecule has 68 heavy (non-hydrogen) atoms. The maximum Gasteiger partial charge on any atom is 0.305 e. The van der Waals surface area contributed by atoms with Crippen LogP contribution >= 0.6 is 8.58 Å². The predicted octanol–water partition coefficient (Wildman–Crippen LogP) is 16.3. The number of nitrogens with zero attached hydrogens (tertiary/aromatic N) is 2. The van der Waals surface area contributed by atoms with E-state index in [9.17, 15) is 14.4 Å². The molecule has 1 amide bonds. The second kappa shape index (κ2) is 53.6. The molecule has 1 N–H and O–H groups in total. The van der Waals surface area contributed by atoms with Gasteiger partial charge in [-0.25, -0.2) is 0 Å². The highest BCUT2D eigenvalue weighted by Gasteiger charge is 2.15. The van der Waals surface area contributed by atoms with Crippen molar-refractivity contribution < 1.29 is 23.9 Å². The van der Waals surface area contributed by atoms with Crippen molar-refractivity contribution in [3.63, 3.8) is 0 Å². The second-order valence-corrected chi connectivity index (χ2v) is 22.2. The lowest BCUT2D eigenvalue weighted by Crippen LogP contribution is -2.35. The van der Waals surface area contributed by atoms with Gasteiger partial charge in [0.15, 0.2) is 0 Å². The maximum atomic E-state index is 12.9. The quantitative estimate of drug-likeness (QED) is 0.0369. The number of esters is 2. The lowest BCUT2D eigenvalue weighted by atomic mass is 9.95. The van der Waals surface area contributed by atoms with E-state index in [0.29, 0.717) is 44.3 Å². The van der Waals surface area contributed by atoms with Crippen molar-refractivity contribution in [1.29, 1.82) is 0 Å². The number of unbranched alkanes of at least 4 members (excludes halogenated alkanes) is 24. The van der Waals surface area contributed by atoms with E-state index in [-0.39, 0.29) is 17.8 Å². The normalized spacial score (nSPS) is 12.7. The van der Waals surface area contributed by atoms with Gasteiger partial charge >= 0.3 is 11.9 Å². The summed E-state index contributed by atoms with van der Waals surface area (Å²) in [5, 5.41) is 3.14. The fourth-order valence-corrected chi connectivity index (χ4v) is 10.0. The van der Waals surface area contributed by atoms with Crippen LogP contribution in [0.5, 0.6) is 0 Å². The molecule has 0 spiro atoms. The second-order valence-electron chi connectivity index (χ2n) is 21.0. The summed E-state index contributed by atoms with van der Waals surface area (Å²) in [4.78, 5) is 43.1.